The summed E-state index contributed by atoms with van der Waals surface area (Å²) < 4.78 is 15.3. The second-order valence-electron chi connectivity index (χ2n) is 6.16. The summed E-state index contributed by atoms with van der Waals surface area (Å²) in [5.74, 6) is 0.444. The highest BCUT2D eigenvalue weighted by molar-refractivity contribution is 7.83. The lowest BCUT2D eigenvalue weighted by Gasteiger charge is -2.15. The van der Waals surface area contributed by atoms with Crippen LogP contribution in [0.5, 0.6) is 0 Å². The lowest BCUT2D eigenvalue weighted by atomic mass is 9.98. The van der Waals surface area contributed by atoms with Crippen molar-refractivity contribution in [3.8, 4) is 6.07 Å². The molecule has 118 valence electrons. The molecular formula is C19H20N2OS. The first-order chi connectivity index (χ1) is 11.2. The fourth-order valence-electron chi connectivity index (χ4n) is 3.14. The summed E-state index contributed by atoms with van der Waals surface area (Å²) >= 11 is 0. The summed E-state index contributed by atoms with van der Waals surface area (Å²) in [6, 6.07) is 17.9. The van der Waals surface area contributed by atoms with E-state index in [-0.39, 0.29) is 0 Å². The van der Waals surface area contributed by atoms with Gasteiger partial charge in [0.15, 0.2) is 0 Å². The van der Waals surface area contributed by atoms with E-state index in [0.717, 1.165) is 24.8 Å². The SMILES string of the molecule is Cc1ccc(S(=O)N[C@H](C#N)CC2Cc3ccccc3C2)cc1. The molecule has 0 radical (unpaired) electrons. The minimum absolute atomic E-state index is 0.392. The molecule has 2 atom stereocenters. The summed E-state index contributed by atoms with van der Waals surface area (Å²) in [5.41, 5.74) is 3.90. The van der Waals surface area contributed by atoms with E-state index in [2.05, 4.69) is 35.1 Å². The van der Waals surface area contributed by atoms with Crippen LogP contribution in [0.15, 0.2) is 53.4 Å². The van der Waals surface area contributed by atoms with Gasteiger partial charge in [-0.3, -0.25) is 0 Å². The molecule has 0 spiro atoms. The summed E-state index contributed by atoms with van der Waals surface area (Å²) in [6.07, 6.45) is 2.74. The van der Waals surface area contributed by atoms with E-state index in [1.807, 2.05) is 31.2 Å². The van der Waals surface area contributed by atoms with E-state index in [0.29, 0.717) is 10.8 Å². The Bertz CT molecular complexity index is 724. The maximum atomic E-state index is 12.4. The predicted molar refractivity (Wildman–Crippen MR) is 92.1 cm³/mol. The number of nitrogens with one attached hydrogen (secondary N) is 1. The molecule has 0 bridgehead atoms. The first kappa shape index (κ1) is 15.9. The summed E-state index contributed by atoms with van der Waals surface area (Å²) in [7, 11) is -1.34. The van der Waals surface area contributed by atoms with Gasteiger partial charge < -0.3 is 0 Å². The van der Waals surface area contributed by atoms with Crippen molar-refractivity contribution in [2.45, 2.75) is 37.1 Å². The van der Waals surface area contributed by atoms with Crippen molar-refractivity contribution < 1.29 is 4.21 Å². The molecule has 0 aromatic heterocycles. The second kappa shape index (κ2) is 7.08. The van der Waals surface area contributed by atoms with Crippen molar-refractivity contribution >= 4 is 11.0 Å². The van der Waals surface area contributed by atoms with Crippen LogP contribution in [0.1, 0.15) is 23.1 Å². The topological polar surface area (TPSA) is 52.9 Å². The minimum atomic E-state index is -1.34. The van der Waals surface area contributed by atoms with Crippen molar-refractivity contribution in [2.75, 3.05) is 0 Å². The average molecular weight is 324 g/mol. The standard InChI is InChI=1S/C19H20N2OS/c1-14-6-8-19(9-7-14)23(22)21-18(13-20)12-15-10-16-4-2-3-5-17(16)11-15/h2-9,15,18,21H,10-12H2,1H3/t18-,23?/m0/s1. The number of hydrogen-bond acceptors (Lipinski definition) is 2. The number of benzene rings is 2. The molecule has 1 aliphatic carbocycles. The van der Waals surface area contributed by atoms with Gasteiger partial charge in [-0.2, -0.15) is 5.26 Å². The van der Waals surface area contributed by atoms with Crippen LogP contribution in [0.2, 0.25) is 0 Å². The quantitative estimate of drug-likeness (QED) is 0.917. The Morgan fingerprint density at radius 1 is 1.17 bits per heavy atom. The number of aryl methyl sites for hydroxylation is 1. The van der Waals surface area contributed by atoms with Crippen molar-refractivity contribution in [2.24, 2.45) is 5.92 Å². The normalized spacial score (nSPS) is 16.5. The van der Waals surface area contributed by atoms with Gasteiger partial charge in [0, 0.05) is 0 Å². The highest BCUT2D eigenvalue weighted by Gasteiger charge is 2.25. The molecule has 0 saturated carbocycles. The van der Waals surface area contributed by atoms with Crippen LogP contribution in [0.25, 0.3) is 0 Å². The van der Waals surface area contributed by atoms with E-state index in [9.17, 15) is 9.47 Å². The van der Waals surface area contributed by atoms with Crippen LogP contribution in [0.3, 0.4) is 0 Å². The van der Waals surface area contributed by atoms with Gasteiger partial charge in [-0.15, -0.1) is 0 Å². The van der Waals surface area contributed by atoms with Gasteiger partial charge >= 0.3 is 0 Å². The van der Waals surface area contributed by atoms with Gasteiger partial charge in [0.25, 0.3) is 0 Å². The van der Waals surface area contributed by atoms with Gasteiger partial charge in [-0.05, 0) is 55.4 Å². The average Bonchev–Trinajstić information content (AvgIpc) is 2.97. The van der Waals surface area contributed by atoms with Crippen LogP contribution in [-0.4, -0.2) is 10.3 Å². The van der Waals surface area contributed by atoms with Crippen molar-refractivity contribution in [3.05, 3.63) is 65.2 Å². The van der Waals surface area contributed by atoms with Crippen LogP contribution < -0.4 is 4.72 Å². The number of fused-ring (bicyclic) bond motifs is 1. The van der Waals surface area contributed by atoms with Gasteiger partial charge in [0.05, 0.1) is 11.0 Å². The first-order valence-electron chi connectivity index (χ1n) is 7.86. The molecule has 2 aromatic carbocycles. The third-order valence-electron chi connectivity index (χ3n) is 4.34. The monoisotopic (exact) mass is 324 g/mol. The van der Waals surface area contributed by atoms with Gasteiger partial charge in [0.2, 0.25) is 0 Å². The zero-order valence-corrected chi connectivity index (χ0v) is 14.0. The fraction of sp³-hybridized carbons (Fsp3) is 0.316. The van der Waals surface area contributed by atoms with Crippen LogP contribution in [-0.2, 0) is 23.8 Å². The molecule has 1 aliphatic rings. The van der Waals surface area contributed by atoms with E-state index in [1.165, 1.54) is 11.1 Å². The Hall–Kier alpha value is -1.96. The molecule has 23 heavy (non-hydrogen) atoms. The summed E-state index contributed by atoms with van der Waals surface area (Å²) in [5, 5.41) is 9.40. The highest BCUT2D eigenvalue weighted by atomic mass is 32.2. The molecule has 0 heterocycles. The number of nitrogens with zero attached hydrogens (tertiary/aromatic N) is 1. The van der Waals surface area contributed by atoms with Crippen LogP contribution in [0, 0.1) is 24.2 Å². The molecule has 0 fully saturated rings. The van der Waals surface area contributed by atoms with E-state index < -0.39 is 17.0 Å². The molecule has 0 saturated heterocycles. The van der Waals surface area contributed by atoms with Crippen molar-refractivity contribution in [3.63, 3.8) is 0 Å². The third-order valence-corrected chi connectivity index (χ3v) is 5.54. The second-order valence-corrected chi connectivity index (χ2v) is 7.40. The van der Waals surface area contributed by atoms with E-state index >= 15 is 0 Å². The molecular weight excluding hydrogens is 304 g/mol. The van der Waals surface area contributed by atoms with Crippen LogP contribution >= 0.6 is 0 Å². The summed E-state index contributed by atoms with van der Waals surface area (Å²) in [4.78, 5) is 0.713. The Labute approximate surface area is 139 Å². The Morgan fingerprint density at radius 2 is 1.78 bits per heavy atom. The fourth-order valence-corrected chi connectivity index (χ4v) is 4.06. The van der Waals surface area contributed by atoms with E-state index in [1.54, 1.807) is 0 Å². The Kier molecular flexibility index (Phi) is 4.90. The smallest absolute Gasteiger partial charge is 0.126 e. The maximum absolute atomic E-state index is 12.4. The molecule has 4 heteroatoms. The molecule has 0 amide bonds. The predicted octanol–water partition coefficient (Wildman–Crippen LogP) is 3.30. The lowest BCUT2D eigenvalue weighted by Crippen LogP contribution is -2.31. The molecule has 0 aliphatic heterocycles. The molecule has 3 nitrogen and oxygen atoms in total. The molecule has 2 aromatic rings. The first-order valence-corrected chi connectivity index (χ1v) is 9.01. The van der Waals surface area contributed by atoms with Crippen molar-refractivity contribution in [1.29, 1.82) is 5.26 Å². The number of rotatable bonds is 5. The Morgan fingerprint density at radius 3 is 2.35 bits per heavy atom. The number of nitriles is 1. The zero-order chi connectivity index (χ0) is 16.2. The Balaban J connectivity index is 1.60. The minimum Gasteiger partial charge on any atom is -0.237 e. The number of hydrogen-bond donors (Lipinski definition) is 1. The largest absolute Gasteiger partial charge is 0.237 e. The van der Waals surface area contributed by atoms with Crippen LogP contribution in [0.4, 0.5) is 0 Å². The van der Waals surface area contributed by atoms with Gasteiger partial charge in [0.1, 0.15) is 17.0 Å². The maximum Gasteiger partial charge on any atom is 0.126 e. The molecule has 3 rings (SSSR count). The van der Waals surface area contributed by atoms with Gasteiger partial charge in [-0.1, -0.05) is 42.0 Å². The molecule has 1 unspecified atom stereocenters. The highest BCUT2D eigenvalue weighted by Crippen LogP contribution is 2.29. The van der Waals surface area contributed by atoms with Crippen molar-refractivity contribution in [1.82, 2.24) is 4.72 Å². The van der Waals surface area contributed by atoms with E-state index in [4.69, 9.17) is 0 Å². The molecule has 1 N–H and O–H groups in total. The zero-order valence-electron chi connectivity index (χ0n) is 13.2. The third kappa shape index (κ3) is 3.87. The summed E-state index contributed by atoms with van der Waals surface area (Å²) in [6.45, 7) is 2.00. The van der Waals surface area contributed by atoms with Gasteiger partial charge in [-0.25, -0.2) is 8.93 Å². The lowest BCUT2D eigenvalue weighted by molar-refractivity contribution is 0.475.